The van der Waals surface area contributed by atoms with Gasteiger partial charge in [0.25, 0.3) is 0 Å². The van der Waals surface area contributed by atoms with Crippen molar-refractivity contribution in [3.05, 3.63) is 83.0 Å². The lowest BCUT2D eigenvalue weighted by Gasteiger charge is -2.21. The zero-order chi connectivity index (χ0) is 53.4. The van der Waals surface area contributed by atoms with Crippen LogP contribution in [0.1, 0.15) is 96.8 Å². The summed E-state index contributed by atoms with van der Waals surface area (Å²) in [5, 5.41) is 0. The first kappa shape index (κ1) is 59.8. The van der Waals surface area contributed by atoms with Crippen LogP contribution >= 0.6 is 0 Å². The van der Waals surface area contributed by atoms with Crippen molar-refractivity contribution in [1.29, 1.82) is 0 Å². The number of carbonyl (C=O) groups excluding carboxylic acids is 12. The van der Waals surface area contributed by atoms with Gasteiger partial charge in [-0.25, -0.2) is 38.4 Å². The molecular weight excluding hydrogens is 936 g/mol. The van der Waals surface area contributed by atoms with Gasteiger partial charge in [-0.3, -0.25) is 19.2 Å². The maximum Gasteiger partial charge on any atom is 0.339 e. The molecule has 0 heterocycles. The normalized spacial score (nSPS) is 12.0. The number of ether oxygens (including phenoxy) is 12. The van der Waals surface area contributed by atoms with Gasteiger partial charge in [-0.1, -0.05) is 26.3 Å². The third-order valence-electron chi connectivity index (χ3n) is 7.96. The molecule has 0 aliphatic heterocycles. The summed E-state index contributed by atoms with van der Waals surface area (Å²) in [4.78, 5) is 152. The SMILES string of the molecule is C=C(C)C(=O)OCC(COC(=O)c1cc(C(=O)OCC(COC(=O)C(=C)C)OC(C)=O)c(C(=O)OCC(COC(=O)C(=C)C)OC(C)=O)cc1C(=O)OCC(COC(=O)C(=C)C)OC(C)=O)OC(C)=O. The van der Waals surface area contributed by atoms with Crippen molar-refractivity contribution in [2.45, 2.75) is 79.8 Å². The van der Waals surface area contributed by atoms with E-state index < -0.39 is 171 Å². The second-order valence-corrected chi connectivity index (χ2v) is 14.8. The van der Waals surface area contributed by atoms with E-state index >= 15 is 0 Å². The molecule has 1 rings (SSSR count). The van der Waals surface area contributed by atoms with Crippen molar-refractivity contribution in [3.63, 3.8) is 0 Å². The van der Waals surface area contributed by atoms with Gasteiger partial charge in [0.15, 0.2) is 24.4 Å². The van der Waals surface area contributed by atoms with Gasteiger partial charge in [0, 0.05) is 50.0 Å². The van der Waals surface area contributed by atoms with Crippen LogP contribution in [0.5, 0.6) is 0 Å². The van der Waals surface area contributed by atoms with E-state index in [1.54, 1.807) is 0 Å². The Morgan fingerprint density at radius 1 is 0.314 bits per heavy atom. The highest BCUT2D eigenvalue weighted by Crippen LogP contribution is 2.23. The van der Waals surface area contributed by atoms with Gasteiger partial charge >= 0.3 is 71.6 Å². The number of benzene rings is 1. The fraction of sp³-hybridized carbons (Fsp3) is 0.435. The fourth-order valence-electron chi connectivity index (χ4n) is 4.83. The van der Waals surface area contributed by atoms with E-state index in [2.05, 4.69) is 26.3 Å². The molecule has 0 saturated carbocycles. The van der Waals surface area contributed by atoms with Gasteiger partial charge in [0.05, 0.1) is 22.3 Å². The molecule has 0 aliphatic rings. The Bertz CT molecular complexity index is 1940. The smallest absolute Gasteiger partial charge is 0.339 e. The number of hydrogen-bond donors (Lipinski definition) is 0. The fourth-order valence-corrected chi connectivity index (χ4v) is 4.83. The molecule has 1 aromatic rings. The van der Waals surface area contributed by atoms with Crippen LogP contribution < -0.4 is 0 Å². The van der Waals surface area contributed by atoms with E-state index in [1.807, 2.05) is 0 Å². The van der Waals surface area contributed by atoms with Crippen LogP contribution in [0.2, 0.25) is 0 Å². The summed E-state index contributed by atoms with van der Waals surface area (Å²) in [7, 11) is 0. The summed E-state index contributed by atoms with van der Waals surface area (Å²) in [5.74, 6) is -13.2. The molecule has 0 fully saturated rings. The molecule has 0 aliphatic carbocycles. The topological polar surface area (TPSA) is 316 Å². The van der Waals surface area contributed by atoms with Gasteiger partial charge < -0.3 is 56.8 Å². The van der Waals surface area contributed by atoms with E-state index in [-0.39, 0.29) is 22.3 Å². The lowest BCUT2D eigenvalue weighted by Crippen LogP contribution is -2.32. The Morgan fingerprint density at radius 3 is 0.614 bits per heavy atom. The Balaban J connectivity index is 4.05. The maximum atomic E-state index is 14.0. The molecule has 0 spiro atoms. The summed E-state index contributed by atoms with van der Waals surface area (Å²) < 4.78 is 61.7. The number of hydrogen-bond acceptors (Lipinski definition) is 24. The molecule has 0 radical (unpaired) electrons. The van der Waals surface area contributed by atoms with Gasteiger partial charge in [-0.2, -0.15) is 0 Å². The van der Waals surface area contributed by atoms with Crippen molar-refractivity contribution >= 4 is 71.6 Å². The average Bonchev–Trinajstić information content (AvgIpc) is 3.27. The van der Waals surface area contributed by atoms with Crippen LogP contribution in [0.25, 0.3) is 0 Å². The van der Waals surface area contributed by atoms with Gasteiger partial charge in [0.1, 0.15) is 52.9 Å². The first-order valence-electron chi connectivity index (χ1n) is 20.5. The maximum absolute atomic E-state index is 14.0. The van der Waals surface area contributed by atoms with E-state index in [4.69, 9.17) is 56.8 Å². The van der Waals surface area contributed by atoms with Crippen LogP contribution in [0.3, 0.4) is 0 Å². The largest absolute Gasteiger partial charge is 0.458 e. The summed E-state index contributed by atoms with van der Waals surface area (Å²) >= 11 is 0. The van der Waals surface area contributed by atoms with Crippen molar-refractivity contribution in [2.75, 3.05) is 52.9 Å². The quantitative estimate of drug-likeness (QED) is 0.0661. The van der Waals surface area contributed by atoms with Gasteiger partial charge in [-0.15, -0.1) is 0 Å². The molecule has 24 heteroatoms. The Hall–Kier alpha value is -8.18. The highest BCUT2D eigenvalue weighted by atomic mass is 16.6. The van der Waals surface area contributed by atoms with Gasteiger partial charge in [-0.05, 0) is 39.8 Å². The summed E-state index contributed by atoms with van der Waals surface area (Å²) in [6, 6.07) is 1.22. The monoisotopic (exact) mass is 990 g/mol. The molecular formula is C46H54O24. The molecule has 4 unspecified atom stereocenters. The molecule has 0 amide bonds. The van der Waals surface area contributed by atoms with Crippen LogP contribution in [-0.2, 0) is 95.2 Å². The number of rotatable bonds is 28. The number of carbonyl (C=O) groups is 12. The molecule has 0 N–H and O–H groups in total. The third kappa shape index (κ3) is 22.5. The van der Waals surface area contributed by atoms with Crippen molar-refractivity contribution < 1.29 is 114 Å². The molecule has 4 atom stereocenters. The highest BCUT2D eigenvalue weighted by Gasteiger charge is 2.32. The second-order valence-electron chi connectivity index (χ2n) is 14.8. The molecule has 1 aromatic carbocycles. The molecule has 70 heavy (non-hydrogen) atoms. The minimum Gasteiger partial charge on any atom is -0.458 e. The van der Waals surface area contributed by atoms with Crippen molar-refractivity contribution in [2.24, 2.45) is 0 Å². The second kappa shape index (κ2) is 29.6. The minimum absolute atomic E-state index is 0.0372. The highest BCUT2D eigenvalue weighted by molar-refractivity contribution is 6.10. The van der Waals surface area contributed by atoms with Crippen LogP contribution in [0, 0.1) is 0 Å². The van der Waals surface area contributed by atoms with Crippen LogP contribution in [-0.4, -0.2) is 149 Å². The average molecular weight is 991 g/mol. The summed E-state index contributed by atoms with van der Waals surface area (Å²) in [5.41, 5.74) is -3.64. The summed E-state index contributed by atoms with van der Waals surface area (Å²) in [6.45, 7) is 16.8. The molecule has 0 saturated heterocycles. The predicted octanol–water partition coefficient (Wildman–Crippen LogP) is 2.52. The molecule has 0 bridgehead atoms. The van der Waals surface area contributed by atoms with E-state index in [0.29, 0.717) is 12.1 Å². The Morgan fingerprint density at radius 2 is 0.471 bits per heavy atom. The van der Waals surface area contributed by atoms with Crippen LogP contribution in [0.4, 0.5) is 0 Å². The van der Waals surface area contributed by atoms with Crippen molar-refractivity contribution in [3.8, 4) is 0 Å². The minimum atomic E-state index is -1.49. The van der Waals surface area contributed by atoms with Crippen molar-refractivity contribution in [1.82, 2.24) is 0 Å². The first-order chi connectivity index (χ1) is 32.6. The zero-order valence-corrected chi connectivity index (χ0v) is 39.7. The molecule has 382 valence electrons. The van der Waals surface area contributed by atoms with E-state index in [0.717, 1.165) is 27.7 Å². The third-order valence-corrected chi connectivity index (χ3v) is 7.96. The predicted molar refractivity (Wildman–Crippen MR) is 233 cm³/mol. The summed E-state index contributed by atoms with van der Waals surface area (Å²) in [6.07, 6.45) is -5.88. The lowest BCUT2D eigenvalue weighted by molar-refractivity contribution is -0.158. The molecule has 24 nitrogen and oxygen atoms in total. The first-order valence-corrected chi connectivity index (χ1v) is 20.5. The standard InChI is InChI=1S/C46H54O24/c1-23(2)39(51)59-15-31(67-27(9)47)19-63-43(55)35-13-37(45(57)65-21-33(69-29(11)49)17-61-41(53)25(5)6)38(46(58)66-22-34(70-30(12)50)18-62-42(54)26(7)8)14-36(35)44(56)64-20-32(68-28(10)48)16-60-40(52)24(3)4/h13-14,31-34H,1,3,5,7,15-22H2,2,4,6,8-12H3. The van der Waals surface area contributed by atoms with Gasteiger partial charge in [0.2, 0.25) is 0 Å². The van der Waals surface area contributed by atoms with Crippen LogP contribution in [0.15, 0.2) is 60.7 Å². The number of esters is 12. The molecule has 0 aromatic heterocycles. The van der Waals surface area contributed by atoms with E-state index in [1.165, 1.54) is 27.7 Å². The van der Waals surface area contributed by atoms with E-state index in [9.17, 15) is 57.5 Å². The zero-order valence-electron chi connectivity index (χ0n) is 39.7. The Labute approximate surface area is 401 Å². The Kier molecular flexibility index (Phi) is 25.3. The lowest BCUT2D eigenvalue weighted by atomic mass is 9.97.